The number of nitrogens with zero attached hydrogens (tertiary/aromatic N) is 4. The maximum absolute atomic E-state index is 15.7. The zero-order chi connectivity index (χ0) is 37.5. The summed E-state index contributed by atoms with van der Waals surface area (Å²) in [5, 5.41) is 5.78. The Kier molecular flexibility index (Phi) is 12.7. The highest BCUT2D eigenvalue weighted by molar-refractivity contribution is 5.77. The number of methoxy groups -OCH3 is 1. The van der Waals surface area contributed by atoms with Crippen LogP contribution < -0.4 is 20.9 Å². The molecule has 0 aliphatic carbocycles. The number of urea groups is 1. The zero-order valence-electron chi connectivity index (χ0n) is 31.3. The minimum Gasteiger partial charge on any atom is -0.496 e. The van der Waals surface area contributed by atoms with Crippen LogP contribution in [0.2, 0.25) is 0 Å². The number of ether oxygens (including phenoxy) is 1. The monoisotopic (exact) mass is 716 g/mol. The molecule has 2 aliphatic rings. The average Bonchev–Trinajstić information content (AvgIpc) is 3.17. The molecule has 11 nitrogen and oxygen atoms in total. The molecule has 0 saturated carbocycles. The van der Waals surface area contributed by atoms with Crippen LogP contribution in [0.5, 0.6) is 5.75 Å². The van der Waals surface area contributed by atoms with Crippen molar-refractivity contribution in [1.29, 1.82) is 0 Å². The number of hydrogen-bond acceptors (Lipinski definition) is 7. The molecule has 2 aromatic carbocycles. The molecule has 0 bridgehead atoms. The summed E-state index contributed by atoms with van der Waals surface area (Å²) in [4.78, 5) is 55.0. The van der Waals surface area contributed by atoms with Gasteiger partial charge in [0.1, 0.15) is 17.9 Å². The summed E-state index contributed by atoms with van der Waals surface area (Å²) >= 11 is 0. The molecular weight excluding hydrogens is 663 g/mol. The van der Waals surface area contributed by atoms with Crippen LogP contribution in [0, 0.1) is 19.7 Å². The maximum Gasteiger partial charge on any atom is 0.319 e. The Hall–Kier alpha value is -4.71. The number of carbonyl (C=O) groups is 3. The summed E-state index contributed by atoms with van der Waals surface area (Å²) in [6, 6.07) is 11.2. The molecule has 3 heterocycles. The van der Waals surface area contributed by atoms with E-state index in [2.05, 4.69) is 27.7 Å². The lowest BCUT2D eigenvalue weighted by Crippen LogP contribution is -2.51. The van der Waals surface area contributed by atoms with Crippen molar-refractivity contribution in [2.75, 3.05) is 52.7 Å². The fourth-order valence-corrected chi connectivity index (χ4v) is 7.49. The normalized spacial score (nSPS) is 16.3. The molecule has 0 spiro atoms. The van der Waals surface area contributed by atoms with Crippen molar-refractivity contribution in [2.24, 2.45) is 7.05 Å². The number of halogens is 1. The Morgan fingerprint density at radius 2 is 1.71 bits per heavy atom. The second-order valence-electron chi connectivity index (χ2n) is 14.2. The molecule has 5 rings (SSSR count). The van der Waals surface area contributed by atoms with Crippen molar-refractivity contribution in [2.45, 2.75) is 76.9 Å². The molecule has 2 N–H and O–H groups in total. The van der Waals surface area contributed by atoms with Crippen molar-refractivity contribution in [1.82, 2.24) is 24.6 Å². The largest absolute Gasteiger partial charge is 0.496 e. The highest BCUT2D eigenvalue weighted by atomic mass is 19.1. The molecular formula is C40H53FN6O5. The Morgan fingerprint density at radius 1 is 1.04 bits per heavy atom. The number of amides is 3. The number of rotatable bonds is 12. The van der Waals surface area contributed by atoms with Gasteiger partial charge >= 0.3 is 6.03 Å². The molecule has 2 aliphatic heterocycles. The first-order valence-electron chi connectivity index (χ1n) is 18.2. The van der Waals surface area contributed by atoms with E-state index in [-0.39, 0.29) is 35.8 Å². The standard InChI is InChI=1S/C40H53FN6O5/c1-26-27(2)39(50)44(4)23-34(26)30-21-36(41)35(37(22-30)52-6)24-46-17-15-33(16-18-46)45(5)40(51)47-19-13-29(14-20-47)28-7-9-31(10-8-28)43-32(25-48)11-12-38(49)42-3/h7-10,21-23,25,29,32-33,43H,11-20,24H2,1-6H3,(H,42,49). The van der Waals surface area contributed by atoms with Gasteiger partial charge in [-0.3, -0.25) is 14.5 Å². The summed E-state index contributed by atoms with van der Waals surface area (Å²) in [7, 11) is 6.73. The molecule has 2 saturated heterocycles. The zero-order valence-corrected chi connectivity index (χ0v) is 31.3. The van der Waals surface area contributed by atoms with Gasteiger partial charge < -0.3 is 34.5 Å². The molecule has 3 aromatic rings. The van der Waals surface area contributed by atoms with Crippen LogP contribution in [-0.4, -0.2) is 97.0 Å². The summed E-state index contributed by atoms with van der Waals surface area (Å²) in [5.74, 6) is 0.395. The maximum atomic E-state index is 15.7. The number of likely N-dealkylation sites (tertiary alicyclic amines) is 2. The molecule has 2 fully saturated rings. The molecule has 12 heteroatoms. The molecule has 1 aromatic heterocycles. The van der Waals surface area contributed by atoms with Crippen molar-refractivity contribution < 1.29 is 23.5 Å². The number of aldehydes is 1. The highest BCUT2D eigenvalue weighted by Gasteiger charge is 2.31. The van der Waals surface area contributed by atoms with E-state index in [0.29, 0.717) is 54.4 Å². The lowest BCUT2D eigenvalue weighted by molar-refractivity contribution is -0.120. The highest BCUT2D eigenvalue weighted by Crippen LogP contribution is 2.34. The third-order valence-electron chi connectivity index (χ3n) is 11.0. The van der Waals surface area contributed by atoms with E-state index in [1.165, 1.54) is 16.2 Å². The van der Waals surface area contributed by atoms with Crippen LogP contribution in [0.3, 0.4) is 0 Å². The van der Waals surface area contributed by atoms with Crippen LogP contribution in [-0.2, 0) is 23.2 Å². The summed E-state index contributed by atoms with van der Waals surface area (Å²) in [6.07, 6.45) is 6.64. The van der Waals surface area contributed by atoms with Gasteiger partial charge in [-0.1, -0.05) is 12.1 Å². The van der Waals surface area contributed by atoms with Gasteiger partial charge in [0.05, 0.1) is 13.2 Å². The first-order valence-corrected chi connectivity index (χ1v) is 18.2. The summed E-state index contributed by atoms with van der Waals surface area (Å²) in [5.41, 5.74) is 5.42. The lowest BCUT2D eigenvalue weighted by Gasteiger charge is -2.40. The number of carbonyl (C=O) groups excluding carboxylic acids is 3. The smallest absolute Gasteiger partial charge is 0.319 e. The van der Waals surface area contributed by atoms with E-state index < -0.39 is 6.04 Å². The van der Waals surface area contributed by atoms with Crippen LogP contribution in [0.1, 0.15) is 66.7 Å². The van der Waals surface area contributed by atoms with Gasteiger partial charge in [0.15, 0.2) is 0 Å². The Morgan fingerprint density at radius 3 is 2.33 bits per heavy atom. The van der Waals surface area contributed by atoms with Gasteiger partial charge in [0, 0.05) is 94.9 Å². The fourth-order valence-electron chi connectivity index (χ4n) is 7.49. The van der Waals surface area contributed by atoms with Crippen molar-refractivity contribution in [3.05, 3.63) is 81.0 Å². The number of aromatic nitrogens is 1. The Balaban J connectivity index is 1.11. The molecule has 280 valence electrons. The molecule has 1 unspecified atom stereocenters. The van der Waals surface area contributed by atoms with Crippen molar-refractivity contribution in [3.63, 3.8) is 0 Å². The minimum atomic E-state index is -0.431. The number of hydrogen-bond donors (Lipinski definition) is 2. The lowest BCUT2D eigenvalue weighted by atomic mass is 9.89. The number of nitrogens with one attached hydrogen (secondary N) is 2. The third-order valence-corrected chi connectivity index (χ3v) is 11.0. The van der Waals surface area contributed by atoms with E-state index >= 15 is 4.39 Å². The van der Waals surface area contributed by atoms with Crippen molar-refractivity contribution in [3.8, 4) is 16.9 Å². The predicted molar refractivity (Wildman–Crippen MR) is 201 cm³/mol. The first-order chi connectivity index (χ1) is 24.9. The topological polar surface area (TPSA) is 116 Å². The Labute approximate surface area is 306 Å². The quantitative estimate of drug-likeness (QED) is 0.247. The molecule has 52 heavy (non-hydrogen) atoms. The second kappa shape index (κ2) is 17.2. The van der Waals surface area contributed by atoms with E-state index in [0.717, 1.165) is 61.9 Å². The SMILES string of the molecule is CNC(=O)CCC(C=O)Nc1ccc(C2CCN(C(=O)N(C)C3CCN(Cc4c(F)cc(-c5cn(C)c(=O)c(C)c5C)cc4OC)CC3)CC2)cc1. The number of pyridine rings is 1. The van der Waals surface area contributed by atoms with Crippen LogP contribution in [0.4, 0.5) is 14.9 Å². The van der Waals surface area contributed by atoms with Gasteiger partial charge in [-0.05, 0) is 92.8 Å². The summed E-state index contributed by atoms with van der Waals surface area (Å²) < 4.78 is 22.9. The van der Waals surface area contributed by atoms with E-state index in [9.17, 15) is 19.2 Å². The van der Waals surface area contributed by atoms with Crippen LogP contribution in [0.25, 0.3) is 11.1 Å². The van der Waals surface area contributed by atoms with Gasteiger partial charge in [0.25, 0.3) is 5.56 Å². The van der Waals surface area contributed by atoms with Gasteiger partial charge in [-0.15, -0.1) is 0 Å². The number of piperidine rings is 2. The fraction of sp³-hybridized carbons (Fsp3) is 0.500. The van der Waals surface area contributed by atoms with Gasteiger partial charge in [0.2, 0.25) is 5.91 Å². The Bertz CT molecular complexity index is 1800. The first kappa shape index (κ1) is 38.5. The van der Waals surface area contributed by atoms with Crippen LogP contribution >= 0.6 is 0 Å². The molecule has 1 atom stereocenters. The van der Waals surface area contributed by atoms with E-state index in [1.807, 2.05) is 42.0 Å². The van der Waals surface area contributed by atoms with Crippen molar-refractivity contribution >= 4 is 23.9 Å². The predicted octanol–water partition coefficient (Wildman–Crippen LogP) is 5.22. The molecule has 3 amide bonds. The summed E-state index contributed by atoms with van der Waals surface area (Å²) in [6.45, 7) is 6.92. The van der Waals surface area contributed by atoms with E-state index in [1.54, 1.807) is 34.3 Å². The minimum absolute atomic E-state index is 0.0559. The number of benzene rings is 2. The number of aryl methyl sites for hydroxylation is 1. The third kappa shape index (κ3) is 8.83. The number of anilines is 1. The van der Waals surface area contributed by atoms with Gasteiger partial charge in [-0.2, -0.15) is 0 Å². The van der Waals surface area contributed by atoms with E-state index in [4.69, 9.17) is 4.74 Å². The van der Waals surface area contributed by atoms with Crippen LogP contribution in [0.15, 0.2) is 47.4 Å². The van der Waals surface area contributed by atoms with Gasteiger partial charge in [-0.25, -0.2) is 9.18 Å². The average molecular weight is 717 g/mol. The second-order valence-corrected chi connectivity index (χ2v) is 14.2. The molecule has 0 radical (unpaired) electrons.